The van der Waals surface area contributed by atoms with Gasteiger partial charge in [0.25, 0.3) is 5.91 Å². The summed E-state index contributed by atoms with van der Waals surface area (Å²) < 4.78 is 15.1. The van der Waals surface area contributed by atoms with Crippen molar-refractivity contribution in [1.29, 1.82) is 0 Å². The molecule has 0 aliphatic carbocycles. The fourth-order valence-electron chi connectivity index (χ4n) is 3.10. The molecule has 3 aromatic rings. The molecule has 6 nitrogen and oxygen atoms in total. The molecule has 0 spiro atoms. The van der Waals surface area contributed by atoms with E-state index in [0.717, 1.165) is 12.0 Å². The van der Waals surface area contributed by atoms with Gasteiger partial charge in [-0.25, -0.2) is 14.1 Å². The summed E-state index contributed by atoms with van der Waals surface area (Å²) in [4.78, 5) is 30.8. The highest BCUT2D eigenvalue weighted by atomic mass is 35.5. The predicted octanol–water partition coefficient (Wildman–Crippen LogP) is 4.20. The van der Waals surface area contributed by atoms with Crippen LogP contribution in [-0.4, -0.2) is 45.5 Å². The monoisotopic (exact) mass is 442 g/mol. The van der Waals surface area contributed by atoms with E-state index < -0.39 is 11.7 Å². The van der Waals surface area contributed by atoms with Gasteiger partial charge in [-0.1, -0.05) is 42.8 Å². The molecule has 1 amide bonds. The average molecular weight is 443 g/mol. The highest BCUT2D eigenvalue weighted by Crippen LogP contribution is 2.22. The lowest BCUT2D eigenvalue weighted by molar-refractivity contribution is -0.119. The van der Waals surface area contributed by atoms with E-state index >= 15 is 0 Å². The van der Waals surface area contributed by atoms with Crippen molar-refractivity contribution in [2.45, 2.75) is 32.7 Å². The van der Waals surface area contributed by atoms with Gasteiger partial charge in [0.05, 0.1) is 5.02 Å². The molecule has 3 rings (SSSR count). The van der Waals surface area contributed by atoms with Gasteiger partial charge in [-0.2, -0.15) is 0 Å². The number of amides is 1. The van der Waals surface area contributed by atoms with E-state index in [0.29, 0.717) is 18.4 Å². The first-order chi connectivity index (χ1) is 14.8. The van der Waals surface area contributed by atoms with Crippen LogP contribution in [0.5, 0.6) is 0 Å². The van der Waals surface area contributed by atoms with Crippen molar-refractivity contribution in [3.8, 4) is 11.4 Å². The zero-order chi connectivity index (χ0) is 22.5. The molecule has 31 heavy (non-hydrogen) atoms. The Morgan fingerprint density at radius 2 is 1.87 bits per heavy atom. The smallest absolute Gasteiger partial charge is 0.290 e. The average Bonchev–Trinajstić information content (AvgIpc) is 3.17. The Kier molecular flexibility index (Phi) is 7.17. The van der Waals surface area contributed by atoms with Gasteiger partial charge in [-0.15, -0.1) is 5.10 Å². The van der Waals surface area contributed by atoms with Crippen LogP contribution in [0.25, 0.3) is 11.4 Å². The Bertz CT molecular complexity index is 1110. The summed E-state index contributed by atoms with van der Waals surface area (Å²) in [6.45, 7) is 1.99. The van der Waals surface area contributed by atoms with Crippen molar-refractivity contribution in [2.75, 3.05) is 14.1 Å². The molecule has 1 aromatic heterocycles. The van der Waals surface area contributed by atoms with Crippen LogP contribution in [-0.2, 0) is 24.2 Å². The maximum absolute atomic E-state index is 13.9. The number of benzene rings is 2. The number of Topliss-reactive ketones (excluding diaryl/α,β-unsaturated/α-hetero) is 1. The maximum atomic E-state index is 13.9. The third-order valence-electron chi connectivity index (χ3n) is 4.87. The number of hydrogen-bond acceptors (Lipinski definition) is 4. The molecule has 0 saturated heterocycles. The minimum absolute atomic E-state index is 0.0184. The second-order valence-electron chi connectivity index (χ2n) is 7.46. The fraction of sp³-hybridized carbons (Fsp3) is 0.304. The van der Waals surface area contributed by atoms with E-state index in [9.17, 15) is 14.0 Å². The molecular weight excluding hydrogens is 419 g/mol. The van der Waals surface area contributed by atoms with Gasteiger partial charge in [0.15, 0.2) is 11.6 Å². The number of carbonyl (C=O) groups excluding carboxylic acids is 2. The van der Waals surface area contributed by atoms with Crippen LogP contribution in [0.3, 0.4) is 0 Å². The molecule has 0 atom stereocenters. The van der Waals surface area contributed by atoms with Crippen LogP contribution in [0.4, 0.5) is 4.39 Å². The molecule has 0 fully saturated rings. The summed E-state index contributed by atoms with van der Waals surface area (Å²) in [7, 11) is 3.18. The molecule has 2 aromatic carbocycles. The second kappa shape index (κ2) is 9.83. The van der Waals surface area contributed by atoms with Crippen molar-refractivity contribution < 1.29 is 14.0 Å². The Hall–Kier alpha value is -3.06. The largest absolute Gasteiger partial charge is 0.342 e. The second-order valence-corrected chi connectivity index (χ2v) is 7.86. The van der Waals surface area contributed by atoms with Gasteiger partial charge in [-0.3, -0.25) is 9.59 Å². The van der Waals surface area contributed by atoms with E-state index in [1.165, 1.54) is 27.3 Å². The SMILES string of the molecule is CCc1cccc(CCC(=O)Cn2nc(-c3ccc(Cl)c(F)c3)nc2C(=O)N(C)C)c1. The van der Waals surface area contributed by atoms with Gasteiger partial charge in [-0.05, 0) is 42.2 Å². The van der Waals surface area contributed by atoms with Gasteiger partial charge in [0.2, 0.25) is 5.82 Å². The first-order valence-electron chi connectivity index (χ1n) is 10.00. The molecule has 1 heterocycles. The zero-order valence-corrected chi connectivity index (χ0v) is 18.5. The molecular formula is C23H24ClFN4O2. The number of rotatable bonds is 8. The lowest BCUT2D eigenvalue weighted by Gasteiger charge is -2.10. The van der Waals surface area contributed by atoms with Crippen LogP contribution in [0, 0.1) is 5.82 Å². The Morgan fingerprint density at radius 1 is 1.13 bits per heavy atom. The number of aryl methyl sites for hydroxylation is 2. The van der Waals surface area contributed by atoms with E-state index in [4.69, 9.17) is 11.6 Å². The summed E-state index contributed by atoms with van der Waals surface area (Å²) in [5.41, 5.74) is 2.69. The highest BCUT2D eigenvalue weighted by molar-refractivity contribution is 6.30. The standard InChI is InChI=1S/C23H24ClFN4O2/c1-4-15-6-5-7-16(12-15)8-10-18(30)14-29-22(23(31)28(2)3)26-21(27-29)17-9-11-19(24)20(25)13-17/h5-7,9,11-13H,4,8,10,14H2,1-3H3. The molecule has 162 valence electrons. The molecule has 0 bridgehead atoms. The topological polar surface area (TPSA) is 68.1 Å². The lowest BCUT2D eigenvalue weighted by Crippen LogP contribution is -2.27. The van der Waals surface area contributed by atoms with Crippen molar-refractivity contribution >= 4 is 23.3 Å². The van der Waals surface area contributed by atoms with Crippen LogP contribution < -0.4 is 0 Å². The summed E-state index contributed by atoms with van der Waals surface area (Å²) >= 11 is 5.74. The zero-order valence-electron chi connectivity index (χ0n) is 17.7. The number of halogens is 2. The van der Waals surface area contributed by atoms with Crippen molar-refractivity contribution in [1.82, 2.24) is 19.7 Å². The summed E-state index contributed by atoms with van der Waals surface area (Å²) in [6, 6.07) is 12.3. The molecule has 0 unspecified atom stereocenters. The Labute approximate surface area is 185 Å². The molecule has 8 heteroatoms. The first kappa shape index (κ1) is 22.6. The number of carbonyl (C=O) groups is 2. The minimum Gasteiger partial charge on any atom is -0.342 e. The highest BCUT2D eigenvalue weighted by Gasteiger charge is 2.22. The molecule has 0 N–H and O–H groups in total. The van der Waals surface area contributed by atoms with Gasteiger partial charge in [0.1, 0.15) is 12.4 Å². The molecule has 0 aliphatic rings. The van der Waals surface area contributed by atoms with Crippen molar-refractivity contribution in [2.24, 2.45) is 0 Å². The van der Waals surface area contributed by atoms with E-state index in [1.54, 1.807) is 20.2 Å². The van der Waals surface area contributed by atoms with E-state index in [2.05, 4.69) is 29.1 Å². The van der Waals surface area contributed by atoms with Crippen LogP contribution in [0.15, 0.2) is 42.5 Å². The normalized spacial score (nSPS) is 10.9. The van der Waals surface area contributed by atoms with Crippen LogP contribution in [0.2, 0.25) is 5.02 Å². The van der Waals surface area contributed by atoms with Gasteiger partial charge >= 0.3 is 0 Å². The number of aromatic nitrogens is 3. The van der Waals surface area contributed by atoms with Crippen molar-refractivity contribution in [3.63, 3.8) is 0 Å². The number of ketones is 1. The third kappa shape index (κ3) is 5.55. The Balaban J connectivity index is 1.81. The number of hydrogen-bond donors (Lipinski definition) is 0. The maximum Gasteiger partial charge on any atom is 0.290 e. The lowest BCUT2D eigenvalue weighted by atomic mass is 10.0. The van der Waals surface area contributed by atoms with Crippen LogP contribution >= 0.6 is 11.6 Å². The predicted molar refractivity (Wildman–Crippen MR) is 118 cm³/mol. The molecule has 0 saturated carbocycles. The molecule has 0 aliphatic heterocycles. The van der Waals surface area contributed by atoms with Crippen molar-refractivity contribution in [3.05, 3.63) is 70.3 Å². The molecule has 0 radical (unpaired) electrons. The third-order valence-corrected chi connectivity index (χ3v) is 5.17. The van der Waals surface area contributed by atoms with E-state index in [1.807, 2.05) is 12.1 Å². The summed E-state index contributed by atoms with van der Waals surface area (Å²) in [6.07, 6.45) is 1.85. The quantitative estimate of drug-likeness (QED) is 0.524. The summed E-state index contributed by atoms with van der Waals surface area (Å²) in [5, 5.41) is 4.29. The van der Waals surface area contributed by atoms with Gasteiger partial charge in [0, 0.05) is 26.1 Å². The first-order valence-corrected chi connectivity index (χ1v) is 10.4. The summed E-state index contributed by atoms with van der Waals surface area (Å²) in [5.74, 6) is -0.896. The van der Waals surface area contributed by atoms with Gasteiger partial charge < -0.3 is 4.90 Å². The minimum atomic E-state index is -0.610. The van der Waals surface area contributed by atoms with E-state index in [-0.39, 0.29) is 29.0 Å². The van der Waals surface area contributed by atoms with Crippen LogP contribution in [0.1, 0.15) is 35.1 Å². The fourth-order valence-corrected chi connectivity index (χ4v) is 3.22. The number of nitrogens with zero attached hydrogens (tertiary/aromatic N) is 4. The Morgan fingerprint density at radius 3 is 2.55 bits per heavy atom.